The molecule has 0 spiro atoms. The summed E-state index contributed by atoms with van der Waals surface area (Å²) in [6, 6.07) is 7.21. The SMILES string of the molecule is CC(=O)c1c(C2C[C@H]3CC[C@@H](C2)N3C(=O)c2ncn[nH]2)nc2c(-c3ccc(-c4cccc(F)c4F)nc3)cnn2c1N. The lowest BCUT2D eigenvalue weighted by Gasteiger charge is -2.38. The Morgan fingerprint density at radius 2 is 1.81 bits per heavy atom. The number of carbonyl (C=O) groups excluding carboxylic acids is 2. The zero-order chi connectivity index (χ0) is 29.1. The van der Waals surface area contributed by atoms with E-state index in [2.05, 4.69) is 25.3 Å². The molecule has 2 aliphatic heterocycles. The highest BCUT2D eigenvalue weighted by Crippen LogP contribution is 2.45. The van der Waals surface area contributed by atoms with Crippen LogP contribution in [-0.4, -0.2) is 63.4 Å². The molecule has 0 saturated carbocycles. The van der Waals surface area contributed by atoms with E-state index in [0.717, 1.165) is 18.9 Å². The van der Waals surface area contributed by atoms with Crippen molar-refractivity contribution in [1.82, 2.24) is 39.7 Å². The number of H-pyrrole nitrogens is 1. The highest BCUT2D eigenvalue weighted by atomic mass is 19.2. The average Bonchev–Trinajstić information content (AvgIpc) is 3.73. The Balaban J connectivity index is 1.26. The van der Waals surface area contributed by atoms with Crippen LogP contribution in [0.5, 0.6) is 0 Å². The van der Waals surface area contributed by atoms with Crippen LogP contribution in [0, 0.1) is 11.6 Å². The number of hydrogen-bond donors (Lipinski definition) is 2. The fourth-order valence-electron chi connectivity index (χ4n) is 6.47. The summed E-state index contributed by atoms with van der Waals surface area (Å²) in [6.45, 7) is 1.46. The van der Waals surface area contributed by atoms with E-state index >= 15 is 0 Å². The maximum absolute atomic E-state index is 14.3. The standard InChI is InChI=1S/C29H25F2N9O2/c1-14(41)23-25(16-9-17-6-7-18(10-16)39(17)29(42)27-34-13-35-38-27)37-28-20(12-36-40(28)26(23)32)15-5-8-22(33-11-15)19-3-2-4-21(30)24(19)31/h2-5,8,11-13,16-18H,6-7,9-10,32H2,1H3,(H,34,35,38)/t16?,17-,18+. The number of amides is 1. The molecule has 4 aromatic heterocycles. The molecule has 0 radical (unpaired) electrons. The van der Waals surface area contributed by atoms with Gasteiger partial charge in [0.25, 0.3) is 5.91 Å². The average molecular weight is 570 g/mol. The van der Waals surface area contributed by atoms with Crippen molar-refractivity contribution in [2.75, 3.05) is 5.73 Å². The number of hydrogen-bond acceptors (Lipinski definition) is 8. The molecule has 1 amide bonds. The van der Waals surface area contributed by atoms with Gasteiger partial charge in [-0.2, -0.15) is 14.7 Å². The van der Waals surface area contributed by atoms with Crippen LogP contribution in [0.25, 0.3) is 28.0 Å². The Morgan fingerprint density at radius 1 is 1.02 bits per heavy atom. The molecule has 2 fully saturated rings. The van der Waals surface area contributed by atoms with E-state index in [0.29, 0.717) is 40.9 Å². The molecule has 1 unspecified atom stereocenters. The van der Waals surface area contributed by atoms with Gasteiger partial charge in [0, 0.05) is 40.9 Å². The van der Waals surface area contributed by atoms with Gasteiger partial charge in [-0.1, -0.05) is 12.1 Å². The summed E-state index contributed by atoms with van der Waals surface area (Å²) in [5, 5.41) is 10.9. The van der Waals surface area contributed by atoms with Gasteiger partial charge in [0.05, 0.1) is 23.1 Å². The molecule has 42 heavy (non-hydrogen) atoms. The summed E-state index contributed by atoms with van der Waals surface area (Å²) in [7, 11) is 0. The molecule has 2 saturated heterocycles. The molecular formula is C29H25F2N9O2. The van der Waals surface area contributed by atoms with Gasteiger partial charge in [-0.05, 0) is 50.8 Å². The van der Waals surface area contributed by atoms with Crippen LogP contribution in [0.3, 0.4) is 0 Å². The monoisotopic (exact) mass is 569 g/mol. The molecule has 7 rings (SSSR count). The molecule has 5 aromatic rings. The number of nitrogens with one attached hydrogen (secondary N) is 1. The van der Waals surface area contributed by atoms with Crippen LogP contribution in [0.1, 0.15) is 65.2 Å². The van der Waals surface area contributed by atoms with Gasteiger partial charge in [0.1, 0.15) is 12.1 Å². The van der Waals surface area contributed by atoms with Crippen molar-refractivity contribution in [2.24, 2.45) is 0 Å². The summed E-state index contributed by atoms with van der Waals surface area (Å²) >= 11 is 0. The number of aromatic nitrogens is 7. The molecule has 6 heterocycles. The Bertz CT molecular complexity index is 1840. The van der Waals surface area contributed by atoms with Gasteiger partial charge in [-0.25, -0.2) is 18.7 Å². The second-order valence-corrected chi connectivity index (χ2v) is 10.7. The van der Waals surface area contributed by atoms with Crippen molar-refractivity contribution in [2.45, 2.75) is 50.6 Å². The molecule has 212 valence electrons. The fourth-order valence-corrected chi connectivity index (χ4v) is 6.47. The summed E-state index contributed by atoms with van der Waals surface area (Å²) in [5.41, 5.74) is 9.50. The van der Waals surface area contributed by atoms with Crippen LogP contribution in [0.15, 0.2) is 49.1 Å². The predicted molar refractivity (Wildman–Crippen MR) is 147 cm³/mol. The van der Waals surface area contributed by atoms with Crippen molar-refractivity contribution in [1.29, 1.82) is 0 Å². The highest BCUT2D eigenvalue weighted by Gasteiger charge is 2.45. The number of halogens is 2. The van der Waals surface area contributed by atoms with Crippen LogP contribution >= 0.6 is 0 Å². The summed E-state index contributed by atoms with van der Waals surface area (Å²) in [6.07, 6.45) is 7.38. The van der Waals surface area contributed by atoms with E-state index in [1.807, 2.05) is 4.90 Å². The van der Waals surface area contributed by atoms with E-state index < -0.39 is 11.6 Å². The van der Waals surface area contributed by atoms with Crippen LogP contribution < -0.4 is 5.73 Å². The second-order valence-electron chi connectivity index (χ2n) is 10.7. The number of nitrogen functional groups attached to an aromatic ring is 1. The number of nitrogens with two attached hydrogens (primary N) is 1. The topological polar surface area (TPSA) is 148 Å². The minimum atomic E-state index is -0.966. The van der Waals surface area contributed by atoms with Crippen molar-refractivity contribution in [3.8, 4) is 22.4 Å². The number of benzene rings is 1. The first-order valence-electron chi connectivity index (χ1n) is 13.6. The number of pyridine rings is 1. The van der Waals surface area contributed by atoms with Gasteiger partial charge < -0.3 is 10.6 Å². The molecule has 1 aromatic carbocycles. The lowest BCUT2D eigenvalue weighted by molar-refractivity contribution is 0.0556. The lowest BCUT2D eigenvalue weighted by Crippen LogP contribution is -2.46. The molecular weight excluding hydrogens is 544 g/mol. The van der Waals surface area contributed by atoms with Gasteiger partial charge >= 0.3 is 0 Å². The van der Waals surface area contributed by atoms with E-state index in [4.69, 9.17) is 10.7 Å². The highest BCUT2D eigenvalue weighted by molar-refractivity contribution is 6.00. The Hall–Kier alpha value is -5.07. The third-order valence-corrected chi connectivity index (χ3v) is 8.34. The summed E-state index contributed by atoms with van der Waals surface area (Å²) in [5.74, 6) is -2.02. The lowest BCUT2D eigenvalue weighted by atomic mass is 9.85. The summed E-state index contributed by atoms with van der Waals surface area (Å²) in [4.78, 5) is 41.2. The first-order chi connectivity index (χ1) is 20.3. The maximum atomic E-state index is 14.3. The van der Waals surface area contributed by atoms with Crippen molar-refractivity contribution >= 4 is 23.2 Å². The number of ketones is 1. The van der Waals surface area contributed by atoms with Crippen LogP contribution in [0.2, 0.25) is 0 Å². The number of Topliss-reactive ketones (excluding diaryl/α,β-unsaturated/α-hetero) is 1. The van der Waals surface area contributed by atoms with Crippen LogP contribution in [0.4, 0.5) is 14.6 Å². The Labute approximate surface area is 237 Å². The smallest absolute Gasteiger partial charge is 0.291 e. The molecule has 0 aliphatic carbocycles. The van der Waals surface area contributed by atoms with Crippen LogP contribution in [-0.2, 0) is 0 Å². The van der Waals surface area contributed by atoms with E-state index in [-0.39, 0.29) is 52.6 Å². The quantitative estimate of drug-likeness (QED) is 0.300. The summed E-state index contributed by atoms with van der Waals surface area (Å²) < 4.78 is 29.5. The fraction of sp³-hybridized carbons (Fsp3) is 0.276. The van der Waals surface area contributed by atoms with Crippen molar-refractivity contribution < 1.29 is 18.4 Å². The number of aromatic amines is 1. The third-order valence-electron chi connectivity index (χ3n) is 8.34. The first-order valence-corrected chi connectivity index (χ1v) is 13.6. The van der Waals surface area contributed by atoms with Gasteiger partial charge in [-0.15, -0.1) is 0 Å². The number of carbonyl (C=O) groups is 2. The maximum Gasteiger partial charge on any atom is 0.291 e. The zero-order valence-electron chi connectivity index (χ0n) is 22.5. The number of fused-ring (bicyclic) bond motifs is 3. The van der Waals surface area contributed by atoms with E-state index in [1.54, 1.807) is 24.5 Å². The van der Waals surface area contributed by atoms with E-state index in [1.165, 1.54) is 29.9 Å². The normalized spacial score (nSPS) is 19.9. The number of rotatable bonds is 5. The van der Waals surface area contributed by atoms with Gasteiger partial charge in [-0.3, -0.25) is 19.7 Å². The second kappa shape index (κ2) is 9.79. The Kier molecular flexibility index (Phi) is 6.03. The number of nitrogens with zero attached hydrogens (tertiary/aromatic N) is 7. The molecule has 3 atom stereocenters. The minimum absolute atomic E-state index is 0.0326. The Morgan fingerprint density at radius 3 is 2.48 bits per heavy atom. The molecule has 2 bridgehead atoms. The third kappa shape index (κ3) is 4.03. The molecule has 2 aliphatic rings. The largest absolute Gasteiger partial charge is 0.383 e. The van der Waals surface area contributed by atoms with E-state index in [9.17, 15) is 18.4 Å². The first kappa shape index (κ1) is 25.9. The predicted octanol–water partition coefficient (Wildman–Crippen LogP) is 4.19. The zero-order valence-corrected chi connectivity index (χ0v) is 22.5. The number of piperidine rings is 1. The molecule has 13 heteroatoms. The van der Waals surface area contributed by atoms with Crippen molar-refractivity contribution in [3.63, 3.8) is 0 Å². The minimum Gasteiger partial charge on any atom is -0.383 e. The number of anilines is 1. The van der Waals surface area contributed by atoms with Gasteiger partial charge in [0.15, 0.2) is 23.1 Å². The molecule has 11 nitrogen and oxygen atoms in total. The van der Waals surface area contributed by atoms with Crippen molar-refractivity contribution in [3.05, 3.63) is 77.8 Å². The molecule has 3 N–H and O–H groups in total. The van der Waals surface area contributed by atoms with Gasteiger partial charge in [0.2, 0.25) is 5.82 Å².